The molecule has 2 saturated heterocycles. The molecule has 5 nitrogen and oxygen atoms in total. The van der Waals surface area contributed by atoms with E-state index >= 15 is 0 Å². The van der Waals surface area contributed by atoms with Crippen molar-refractivity contribution in [2.45, 2.75) is 46.0 Å². The fraction of sp³-hybridized carbons (Fsp3) is 0.591. The summed E-state index contributed by atoms with van der Waals surface area (Å²) in [5, 5.41) is 0. The molecular formula is C22H28N2O3. The first kappa shape index (κ1) is 18.2. The number of likely N-dealkylation sites (tertiary alicyclic amines) is 1. The van der Waals surface area contributed by atoms with Gasteiger partial charge in [-0.2, -0.15) is 0 Å². The van der Waals surface area contributed by atoms with Crippen LogP contribution in [0.4, 0.5) is 5.69 Å². The van der Waals surface area contributed by atoms with Crippen molar-refractivity contribution in [3.63, 3.8) is 0 Å². The lowest BCUT2D eigenvalue weighted by Gasteiger charge is -2.30. The van der Waals surface area contributed by atoms with Crippen LogP contribution in [0.3, 0.4) is 0 Å². The second-order valence-corrected chi connectivity index (χ2v) is 8.66. The van der Waals surface area contributed by atoms with Gasteiger partial charge in [-0.3, -0.25) is 19.3 Å². The monoisotopic (exact) mass is 368 g/mol. The minimum Gasteiger partial charge on any atom is -0.339 e. The molecule has 0 bridgehead atoms. The van der Waals surface area contributed by atoms with E-state index in [-0.39, 0.29) is 29.6 Å². The van der Waals surface area contributed by atoms with E-state index in [1.807, 2.05) is 4.90 Å². The van der Waals surface area contributed by atoms with Crippen molar-refractivity contribution < 1.29 is 14.4 Å². The van der Waals surface area contributed by atoms with Crippen LogP contribution < -0.4 is 4.90 Å². The number of carbonyl (C=O) groups is 3. The predicted molar refractivity (Wildman–Crippen MR) is 103 cm³/mol. The Balaban J connectivity index is 1.50. The van der Waals surface area contributed by atoms with Crippen molar-refractivity contribution in [1.29, 1.82) is 0 Å². The smallest absolute Gasteiger partial charge is 0.253 e. The maximum atomic E-state index is 12.8. The van der Waals surface area contributed by atoms with E-state index in [1.165, 1.54) is 4.90 Å². The normalized spacial score (nSPS) is 29.2. The maximum Gasteiger partial charge on any atom is 0.253 e. The summed E-state index contributed by atoms with van der Waals surface area (Å²) in [5.74, 6) is 0.741. The molecule has 1 aromatic carbocycles. The number of rotatable bonds is 2. The highest BCUT2D eigenvalue weighted by Gasteiger charge is 2.49. The highest BCUT2D eigenvalue weighted by molar-refractivity contribution is 6.22. The summed E-state index contributed by atoms with van der Waals surface area (Å²) in [7, 11) is 0. The average Bonchev–Trinajstić information content (AvgIpc) is 2.92. The van der Waals surface area contributed by atoms with Crippen LogP contribution in [0.1, 0.15) is 56.3 Å². The number of hydrogen-bond donors (Lipinski definition) is 0. The minimum absolute atomic E-state index is 0.0371. The Bertz CT molecular complexity index is 749. The van der Waals surface area contributed by atoms with Crippen LogP contribution in [0.5, 0.6) is 0 Å². The first-order valence-corrected chi connectivity index (χ1v) is 10.2. The lowest BCUT2D eigenvalue weighted by molar-refractivity contribution is -0.122. The van der Waals surface area contributed by atoms with Crippen LogP contribution in [-0.2, 0) is 9.59 Å². The molecule has 4 rings (SSSR count). The molecule has 1 aromatic rings. The van der Waals surface area contributed by atoms with E-state index in [9.17, 15) is 14.4 Å². The highest BCUT2D eigenvalue weighted by atomic mass is 16.2. The van der Waals surface area contributed by atoms with Gasteiger partial charge >= 0.3 is 0 Å². The zero-order valence-electron chi connectivity index (χ0n) is 16.2. The molecule has 3 atom stereocenters. The van der Waals surface area contributed by atoms with Crippen molar-refractivity contribution in [2.75, 3.05) is 18.0 Å². The Morgan fingerprint density at radius 2 is 1.48 bits per heavy atom. The number of imide groups is 1. The molecule has 0 spiro atoms. The summed E-state index contributed by atoms with van der Waals surface area (Å²) >= 11 is 0. The molecule has 3 amide bonds. The van der Waals surface area contributed by atoms with Crippen LogP contribution in [0, 0.1) is 23.7 Å². The van der Waals surface area contributed by atoms with Crippen LogP contribution in [0.2, 0.25) is 0 Å². The van der Waals surface area contributed by atoms with Gasteiger partial charge in [0.05, 0.1) is 17.5 Å². The molecule has 5 heteroatoms. The number of hydrogen-bond acceptors (Lipinski definition) is 3. The van der Waals surface area contributed by atoms with Gasteiger partial charge in [0.1, 0.15) is 0 Å². The number of amides is 3. The van der Waals surface area contributed by atoms with Gasteiger partial charge in [0.15, 0.2) is 0 Å². The van der Waals surface area contributed by atoms with Crippen molar-refractivity contribution in [3.05, 3.63) is 29.8 Å². The molecule has 2 heterocycles. The molecule has 3 fully saturated rings. The molecule has 1 saturated carbocycles. The Morgan fingerprint density at radius 3 is 2.15 bits per heavy atom. The summed E-state index contributed by atoms with van der Waals surface area (Å²) in [6.07, 6.45) is 4.70. The lowest BCUT2D eigenvalue weighted by Crippen LogP contribution is -2.38. The summed E-state index contributed by atoms with van der Waals surface area (Å²) < 4.78 is 0. The molecule has 0 aromatic heterocycles. The molecular weight excluding hydrogens is 340 g/mol. The number of anilines is 1. The quantitative estimate of drug-likeness (QED) is 0.751. The van der Waals surface area contributed by atoms with Gasteiger partial charge in [-0.15, -0.1) is 0 Å². The van der Waals surface area contributed by atoms with Crippen LogP contribution in [0.15, 0.2) is 24.3 Å². The van der Waals surface area contributed by atoms with Gasteiger partial charge in [-0.05, 0) is 68.2 Å². The summed E-state index contributed by atoms with van der Waals surface area (Å²) in [4.78, 5) is 41.5. The van der Waals surface area contributed by atoms with Crippen LogP contribution in [0.25, 0.3) is 0 Å². The lowest BCUT2D eigenvalue weighted by atomic mass is 9.76. The summed E-state index contributed by atoms with van der Waals surface area (Å²) in [6.45, 7) is 5.97. The Kier molecular flexibility index (Phi) is 4.79. The van der Waals surface area contributed by atoms with Crippen molar-refractivity contribution in [3.8, 4) is 0 Å². The average molecular weight is 368 g/mol. The van der Waals surface area contributed by atoms with Crippen molar-refractivity contribution in [1.82, 2.24) is 4.90 Å². The Morgan fingerprint density at radius 1 is 0.852 bits per heavy atom. The van der Waals surface area contributed by atoms with Gasteiger partial charge in [0.25, 0.3) is 5.91 Å². The number of piperidine rings is 1. The summed E-state index contributed by atoms with van der Waals surface area (Å²) in [5.41, 5.74) is 1.22. The molecule has 2 aliphatic heterocycles. The standard InChI is InChI=1S/C22H28N2O3/c1-14-9-11-23(12-10-14)20(25)16-4-6-17(7-5-16)24-21(26)18-8-3-15(2)13-19(18)22(24)27/h4-7,14-15,18-19H,3,8-13H2,1-2H3/t15-,18-,19+/m1/s1. The van der Waals surface area contributed by atoms with Crippen LogP contribution >= 0.6 is 0 Å². The molecule has 1 aliphatic carbocycles. The number of fused-ring (bicyclic) bond motifs is 1. The Hall–Kier alpha value is -2.17. The SMILES string of the molecule is CC1CCN(C(=O)c2ccc(N3C(=O)[C@H]4C[C@H](C)CC[C@H]4C3=O)cc2)CC1. The van der Waals surface area contributed by atoms with Gasteiger partial charge in [-0.25, -0.2) is 0 Å². The zero-order chi connectivity index (χ0) is 19.1. The minimum atomic E-state index is -0.169. The van der Waals surface area contributed by atoms with Gasteiger partial charge in [0.2, 0.25) is 11.8 Å². The molecule has 0 unspecified atom stereocenters. The van der Waals surface area contributed by atoms with E-state index in [4.69, 9.17) is 0 Å². The predicted octanol–water partition coefficient (Wildman–Crippen LogP) is 3.48. The van der Waals surface area contributed by atoms with E-state index in [2.05, 4.69) is 13.8 Å². The first-order chi connectivity index (χ1) is 13.0. The fourth-order valence-electron chi connectivity index (χ4n) is 4.79. The first-order valence-electron chi connectivity index (χ1n) is 10.2. The molecule has 0 N–H and O–H groups in total. The number of nitrogens with zero attached hydrogens (tertiary/aromatic N) is 2. The van der Waals surface area contributed by atoms with Gasteiger partial charge in [-0.1, -0.05) is 13.8 Å². The zero-order valence-corrected chi connectivity index (χ0v) is 16.2. The third-order valence-corrected chi connectivity index (χ3v) is 6.63. The topological polar surface area (TPSA) is 57.7 Å². The Labute approximate surface area is 160 Å². The van der Waals surface area contributed by atoms with E-state index in [0.717, 1.165) is 45.2 Å². The highest BCUT2D eigenvalue weighted by Crippen LogP contribution is 2.42. The second kappa shape index (κ2) is 7.10. The van der Waals surface area contributed by atoms with Crippen LogP contribution in [-0.4, -0.2) is 35.7 Å². The third kappa shape index (κ3) is 3.28. The molecule has 144 valence electrons. The van der Waals surface area contributed by atoms with Crippen molar-refractivity contribution >= 4 is 23.4 Å². The van der Waals surface area contributed by atoms with E-state index in [0.29, 0.717) is 23.1 Å². The second-order valence-electron chi connectivity index (χ2n) is 8.66. The largest absolute Gasteiger partial charge is 0.339 e. The van der Waals surface area contributed by atoms with Gasteiger partial charge < -0.3 is 4.90 Å². The molecule has 27 heavy (non-hydrogen) atoms. The van der Waals surface area contributed by atoms with Crippen molar-refractivity contribution in [2.24, 2.45) is 23.7 Å². The molecule has 3 aliphatic rings. The number of benzene rings is 1. The molecule has 0 radical (unpaired) electrons. The van der Waals surface area contributed by atoms with E-state index in [1.54, 1.807) is 24.3 Å². The number of carbonyl (C=O) groups excluding carboxylic acids is 3. The van der Waals surface area contributed by atoms with E-state index < -0.39 is 0 Å². The fourth-order valence-corrected chi connectivity index (χ4v) is 4.79. The third-order valence-electron chi connectivity index (χ3n) is 6.63. The van der Waals surface area contributed by atoms with Gasteiger partial charge in [0, 0.05) is 18.7 Å². The summed E-state index contributed by atoms with van der Waals surface area (Å²) in [6, 6.07) is 6.99. The maximum absolute atomic E-state index is 12.8.